The summed E-state index contributed by atoms with van der Waals surface area (Å²) in [7, 11) is 0. The molecule has 0 spiro atoms. The van der Waals surface area contributed by atoms with Gasteiger partial charge in [-0.3, -0.25) is 4.90 Å². The number of hydrogen-bond acceptors (Lipinski definition) is 4. The highest BCUT2D eigenvalue weighted by Crippen LogP contribution is 2.31. The molecule has 0 fully saturated rings. The van der Waals surface area contributed by atoms with Gasteiger partial charge in [0.1, 0.15) is 0 Å². The summed E-state index contributed by atoms with van der Waals surface area (Å²) in [4.78, 5) is 3.82. The fourth-order valence-electron chi connectivity index (χ4n) is 2.05. The standard InChI is InChI=1S/C13H17BrN2S2/c1-2-16(7-10-4-3-5-18-10)13(6-15)11-8-17-9-12(11)14/h3-5,8-9,13H,2,6-7,15H2,1H3. The van der Waals surface area contributed by atoms with Gasteiger partial charge in [0.25, 0.3) is 0 Å². The van der Waals surface area contributed by atoms with Crippen LogP contribution in [0.4, 0.5) is 0 Å². The maximum absolute atomic E-state index is 5.98. The SMILES string of the molecule is CCN(Cc1cccs1)C(CN)c1cscc1Br. The van der Waals surface area contributed by atoms with Gasteiger partial charge >= 0.3 is 0 Å². The van der Waals surface area contributed by atoms with Crippen LogP contribution in [0.15, 0.2) is 32.7 Å². The Morgan fingerprint density at radius 3 is 2.78 bits per heavy atom. The van der Waals surface area contributed by atoms with E-state index in [0.29, 0.717) is 6.54 Å². The summed E-state index contributed by atoms with van der Waals surface area (Å²) in [5.74, 6) is 0. The molecule has 0 saturated carbocycles. The normalized spacial score (nSPS) is 13.1. The summed E-state index contributed by atoms with van der Waals surface area (Å²) in [5, 5.41) is 6.44. The van der Waals surface area contributed by atoms with Crippen molar-refractivity contribution in [2.75, 3.05) is 13.1 Å². The summed E-state index contributed by atoms with van der Waals surface area (Å²) < 4.78 is 1.17. The van der Waals surface area contributed by atoms with Crippen molar-refractivity contribution in [1.82, 2.24) is 4.90 Å². The lowest BCUT2D eigenvalue weighted by atomic mass is 10.1. The number of likely N-dealkylation sites (N-methyl/N-ethyl adjacent to an activating group) is 1. The molecule has 2 aromatic rings. The first-order valence-corrected chi connectivity index (χ1v) is 8.55. The Hall–Kier alpha value is -0.200. The zero-order chi connectivity index (χ0) is 13.0. The molecule has 2 heterocycles. The summed E-state index contributed by atoms with van der Waals surface area (Å²) in [5.41, 5.74) is 7.29. The lowest BCUT2D eigenvalue weighted by Gasteiger charge is -2.29. The van der Waals surface area contributed by atoms with Crippen LogP contribution in [0, 0.1) is 0 Å². The number of halogens is 1. The largest absolute Gasteiger partial charge is 0.329 e. The van der Waals surface area contributed by atoms with Gasteiger partial charge in [-0.05, 0) is 44.9 Å². The van der Waals surface area contributed by atoms with E-state index in [1.807, 2.05) is 0 Å². The van der Waals surface area contributed by atoms with Gasteiger partial charge < -0.3 is 5.73 Å². The Morgan fingerprint density at radius 2 is 2.28 bits per heavy atom. The second kappa shape index (κ2) is 6.82. The molecule has 18 heavy (non-hydrogen) atoms. The average molecular weight is 345 g/mol. The quantitative estimate of drug-likeness (QED) is 0.854. The van der Waals surface area contributed by atoms with E-state index in [4.69, 9.17) is 5.73 Å². The molecule has 0 aliphatic heterocycles. The van der Waals surface area contributed by atoms with Gasteiger partial charge in [0, 0.05) is 33.9 Å². The monoisotopic (exact) mass is 344 g/mol. The van der Waals surface area contributed by atoms with Gasteiger partial charge in [-0.15, -0.1) is 11.3 Å². The van der Waals surface area contributed by atoms with Crippen LogP contribution in [0.5, 0.6) is 0 Å². The topological polar surface area (TPSA) is 29.3 Å². The van der Waals surface area contributed by atoms with Gasteiger partial charge in [0.05, 0.1) is 0 Å². The third-order valence-electron chi connectivity index (χ3n) is 3.01. The minimum atomic E-state index is 0.290. The molecule has 0 aliphatic rings. The van der Waals surface area contributed by atoms with Gasteiger partial charge in [0.2, 0.25) is 0 Å². The van der Waals surface area contributed by atoms with Crippen molar-refractivity contribution in [3.8, 4) is 0 Å². The molecule has 1 atom stereocenters. The molecule has 0 saturated heterocycles. The highest BCUT2D eigenvalue weighted by molar-refractivity contribution is 9.10. The van der Waals surface area contributed by atoms with Crippen LogP contribution in [0.2, 0.25) is 0 Å². The minimum Gasteiger partial charge on any atom is -0.329 e. The van der Waals surface area contributed by atoms with Crippen molar-refractivity contribution in [2.24, 2.45) is 5.73 Å². The molecule has 0 aliphatic carbocycles. The van der Waals surface area contributed by atoms with Crippen LogP contribution in [-0.4, -0.2) is 18.0 Å². The molecular weight excluding hydrogens is 328 g/mol. The maximum Gasteiger partial charge on any atom is 0.0493 e. The number of nitrogens with two attached hydrogens (primary N) is 1. The number of rotatable bonds is 6. The smallest absolute Gasteiger partial charge is 0.0493 e. The van der Waals surface area contributed by atoms with Crippen molar-refractivity contribution in [2.45, 2.75) is 19.5 Å². The summed E-state index contributed by atoms with van der Waals surface area (Å²) in [6.07, 6.45) is 0. The predicted octanol–water partition coefficient (Wildman–Crippen LogP) is 4.09. The molecule has 0 amide bonds. The van der Waals surface area contributed by atoms with Gasteiger partial charge in [-0.1, -0.05) is 13.0 Å². The minimum absolute atomic E-state index is 0.290. The van der Waals surface area contributed by atoms with E-state index >= 15 is 0 Å². The predicted molar refractivity (Wildman–Crippen MR) is 84.2 cm³/mol. The van der Waals surface area contributed by atoms with Crippen LogP contribution >= 0.6 is 38.6 Å². The third-order valence-corrected chi connectivity index (χ3v) is 5.62. The van der Waals surface area contributed by atoms with Gasteiger partial charge in [0.15, 0.2) is 0 Å². The Morgan fingerprint density at radius 1 is 1.44 bits per heavy atom. The van der Waals surface area contributed by atoms with E-state index in [0.717, 1.165) is 13.1 Å². The van der Waals surface area contributed by atoms with Crippen LogP contribution < -0.4 is 5.73 Å². The number of thiophene rings is 2. The Labute approximate surface area is 125 Å². The van der Waals surface area contributed by atoms with Gasteiger partial charge in [-0.2, -0.15) is 11.3 Å². The van der Waals surface area contributed by atoms with E-state index in [9.17, 15) is 0 Å². The van der Waals surface area contributed by atoms with Crippen molar-refractivity contribution in [3.05, 3.63) is 43.2 Å². The van der Waals surface area contributed by atoms with Gasteiger partial charge in [-0.25, -0.2) is 0 Å². The molecule has 1 unspecified atom stereocenters. The first-order valence-electron chi connectivity index (χ1n) is 5.94. The number of hydrogen-bond donors (Lipinski definition) is 1. The molecule has 98 valence electrons. The zero-order valence-corrected chi connectivity index (χ0v) is 13.5. The van der Waals surface area contributed by atoms with E-state index < -0.39 is 0 Å². The molecule has 5 heteroatoms. The molecule has 2 nitrogen and oxygen atoms in total. The third kappa shape index (κ3) is 3.22. The molecule has 2 N–H and O–H groups in total. The highest BCUT2D eigenvalue weighted by Gasteiger charge is 2.20. The second-order valence-electron chi connectivity index (χ2n) is 4.07. The fraction of sp³-hybridized carbons (Fsp3) is 0.385. The molecule has 0 aromatic carbocycles. The molecule has 0 radical (unpaired) electrons. The lowest BCUT2D eigenvalue weighted by molar-refractivity contribution is 0.205. The van der Waals surface area contributed by atoms with Crippen LogP contribution in [0.1, 0.15) is 23.4 Å². The Bertz CT molecular complexity index is 467. The van der Waals surface area contributed by atoms with Crippen molar-refractivity contribution < 1.29 is 0 Å². The highest BCUT2D eigenvalue weighted by atomic mass is 79.9. The van der Waals surface area contributed by atoms with E-state index in [1.54, 1.807) is 22.7 Å². The molecule has 2 aromatic heterocycles. The van der Waals surface area contributed by atoms with Crippen LogP contribution in [0.3, 0.4) is 0 Å². The molecule has 0 bridgehead atoms. The Balaban J connectivity index is 2.16. The van der Waals surface area contributed by atoms with Crippen molar-refractivity contribution in [3.63, 3.8) is 0 Å². The van der Waals surface area contributed by atoms with Crippen molar-refractivity contribution in [1.29, 1.82) is 0 Å². The number of nitrogens with zero attached hydrogens (tertiary/aromatic N) is 1. The van der Waals surface area contributed by atoms with E-state index in [-0.39, 0.29) is 6.04 Å². The average Bonchev–Trinajstić information content (AvgIpc) is 3.01. The van der Waals surface area contributed by atoms with Crippen LogP contribution in [-0.2, 0) is 6.54 Å². The van der Waals surface area contributed by atoms with E-state index in [1.165, 1.54) is 14.9 Å². The summed E-state index contributed by atoms with van der Waals surface area (Å²) in [6, 6.07) is 4.58. The first-order chi connectivity index (χ1) is 8.76. The summed E-state index contributed by atoms with van der Waals surface area (Å²) in [6.45, 7) is 4.81. The van der Waals surface area contributed by atoms with E-state index in [2.05, 4.69) is 56.0 Å². The molecule has 2 rings (SSSR count). The summed E-state index contributed by atoms with van der Waals surface area (Å²) >= 11 is 7.14. The van der Waals surface area contributed by atoms with Crippen molar-refractivity contribution >= 4 is 38.6 Å². The zero-order valence-electron chi connectivity index (χ0n) is 10.3. The van der Waals surface area contributed by atoms with Crippen LogP contribution in [0.25, 0.3) is 0 Å². The molecular formula is C13H17BrN2S2. The Kier molecular flexibility index (Phi) is 5.38. The maximum atomic E-state index is 5.98. The second-order valence-corrected chi connectivity index (χ2v) is 6.70. The lowest BCUT2D eigenvalue weighted by Crippen LogP contribution is -2.33. The first kappa shape index (κ1) is 14.2. The fourth-order valence-corrected chi connectivity index (χ4v) is 4.38.